The maximum atomic E-state index is 12.9. The smallest absolute Gasteiger partial charge is 0.342 e. The molecule has 0 radical (unpaired) electrons. The lowest BCUT2D eigenvalue weighted by Gasteiger charge is -2.34. The predicted molar refractivity (Wildman–Crippen MR) is 88.8 cm³/mol. The standard InChI is InChI=1S/C20H20O6/c1-18-7-4-3-5-13(18)16(21)25-15(18)10-20-17(22)24-14(9-19(20,2)26-20)12-6-8-23-11-12/h3-8,11,13-15H,9-10H2,1-2H3/t13-,14-,15-,18?,19-,20+/m0/s1. The molecule has 26 heavy (non-hydrogen) atoms. The number of carbonyl (C=O) groups excluding carboxylic acids is 2. The van der Waals surface area contributed by atoms with E-state index in [1.807, 2.05) is 38.2 Å². The van der Waals surface area contributed by atoms with E-state index < -0.39 is 28.7 Å². The molecular formula is C20H20O6. The van der Waals surface area contributed by atoms with Gasteiger partial charge in [-0.2, -0.15) is 0 Å². The quantitative estimate of drug-likeness (QED) is 0.612. The van der Waals surface area contributed by atoms with Gasteiger partial charge in [0, 0.05) is 23.8 Å². The summed E-state index contributed by atoms with van der Waals surface area (Å²) < 4.78 is 22.4. The second-order valence-electron chi connectivity index (χ2n) is 8.03. The molecule has 6 heteroatoms. The van der Waals surface area contributed by atoms with Crippen molar-refractivity contribution in [1.82, 2.24) is 0 Å². The lowest BCUT2D eigenvalue weighted by Crippen LogP contribution is -2.46. The second-order valence-corrected chi connectivity index (χ2v) is 8.03. The van der Waals surface area contributed by atoms with E-state index in [-0.39, 0.29) is 18.0 Å². The van der Waals surface area contributed by atoms with Crippen LogP contribution in [0.4, 0.5) is 0 Å². The normalized spacial score (nSPS) is 45.7. The summed E-state index contributed by atoms with van der Waals surface area (Å²) in [7, 11) is 0. The third-order valence-electron chi connectivity index (χ3n) is 6.50. The topological polar surface area (TPSA) is 78.3 Å². The van der Waals surface area contributed by atoms with Gasteiger partial charge in [0.25, 0.3) is 0 Å². The van der Waals surface area contributed by atoms with Gasteiger partial charge in [-0.25, -0.2) is 4.79 Å². The molecule has 0 N–H and O–H groups in total. The van der Waals surface area contributed by atoms with E-state index >= 15 is 0 Å². The molecule has 3 saturated heterocycles. The molecule has 0 bridgehead atoms. The molecule has 6 atom stereocenters. The van der Waals surface area contributed by atoms with E-state index in [0.29, 0.717) is 12.8 Å². The third-order valence-corrected chi connectivity index (χ3v) is 6.50. The van der Waals surface area contributed by atoms with Crippen molar-refractivity contribution in [3.05, 3.63) is 48.5 Å². The number of ether oxygens (including phenoxy) is 3. The molecule has 5 rings (SSSR count). The molecular weight excluding hydrogens is 336 g/mol. The van der Waals surface area contributed by atoms with E-state index in [1.54, 1.807) is 18.6 Å². The summed E-state index contributed by atoms with van der Waals surface area (Å²) in [6.45, 7) is 3.92. The molecule has 0 saturated carbocycles. The van der Waals surface area contributed by atoms with E-state index in [2.05, 4.69) is 0 Å². The van der Waals surface area contributed by atoms with Gasteiger partial charge in [0.15, 0.2) is 5.60 Å². The Bertz CT molecular complexity index is 838. The highest BCUT2D eigenvalue weighted by Crippen LogP contribution is 2.62. The Morgan fingerprint density at radius 3 is 2.77 bits per heavy atom. The van der Waals surface area contributed by atoms with Crippen molar-refractivity contribution in [2.24, 2.45) is 11.3 Å². The van der Waals surface area contributed by atoms with Gasteiger partial charge in [-0.3, -0.25) is 4.79 Å². The van der Waals surface area contributed by atoms with Crippen LogP contribution in [0.3, 0.4) is 0 Å². The first-order valence-electron chi connectivity index (χ1n) is 8.88. The SMILES string of the molecule is CC12C=CC=C[C@H]1C(=O)O[C@H]2C[C@]12O[C@@]1(C)C[C@@H](c1ccoc1)OC2=O. The van der Waals surface area contributed by atoms with Crippen molar-refractivity contribution >= 4 is 11.9 Å². The van der Waals surface area contributed by atoms with Crippen LogP contribution >= 0.6 is 0 Å². The van der Waals surface area contributed by atoms with Crippen LogP contribution in [0.2, 0.25) is 0 Å². The Labute approximate surface area is 150 Å². The van der Waals surface area contributed by atoms with Crippen molar-refractivity contribution in [2.45, 2.75) is 50.1 Å². The number of esters is 2. The average molecular weight is 356 g/mol. The first-order chi connectivity index (χ1) is 12.4. The van der Waals surface area contributed by atoms with Gasteiger partial charge in [-0.1, -0.05) is 31.2 Å². The maximum absolute atomic E-state index is 12.9. The Morgan fingerprint density at radius 2 is 2.04 bits per heavy atom. The number of hydrogen-bond acceptors (Lipinski definition) is 6. The van der Waals surface area contributed by atoms with Crippen LogP contribution in [-0.4, -0.2) is 29.2 Å². The monoisotopic (exact) mass is 356 g/mol. The fourth-order valence-corrected chi connectivity index (χ4v) is 4.68. The van der Waals surface area contributed by atoms with Gasteiger partial charge in [-0.05, 0) is 13.0 Å². The fourth-order valence-electron chi connectivity index (χ4n) is 4.68. The Balaban J connectivity index is 1.40. The highest BCUT2D eigenvalue weighted by molar-refractivity contribution is 5.87. The van der Waals surface area contributed by atoms with E-state index in [9.17, 15) is 9.59 Å². The summed E-state index contributed by atoms with van der Waals surface area (Å²) >= 11 is 0. The molecule has 1 aromatic heterocycles. The van der Waals surface area contributed by atoms with Gasteiger partial charge in [0.2, 0.25) is 0 Å². The first kappa shape index (κ1) is 15.9. The minimum atomic E-state index is -1.05. The average Bonchev–Trinajstić information content (AvgIpc) is 2.92. The summed E-state index contributed by atoms with van der Waals surface area (Å²) in [6.07, 6.45) is 10.8. The van der Waals surface area contributed by atoms with Crippen LogP contribution in [0.25, 0.3) is 0 Å². The number of cyclic esters (lactones) is 2. The second kappa shape index (κ2) is 4.88. The van der Waals surface area contributed by atoms with Crippen LogP contribution in [-0.2, 0) is 23.8 Å². The van der Waals surface area contributed by atoms with Gasteiger partial charge in [-0.15, -0.1) is 0 Å². The number of fused-ring (bicyclic) bond motifs is 2. The highest BCUT2D eigenvalue weighted by Gasteiger charge is 2.77. The number of allylic oxidation sites excluding steroid dienone is 2. The lowest BCUT2D eigenvalue weighted by molar-refractivity contribution is -0.162. The maximum Gasteiger partial charge on any atom is 0.342 e. The molecule has 0 spiro atoms. The molecule has 4 heterocycles. The van der Waals surface area contributed by atoms with Gasteiger partial charge in [0.1, 0.15) is 17.8 Å². The molecule has 6 nitrogen and oxygen atoms in total. The number of hydrogen-bond donors (Lipinski definition) is 0. The zero-order valence-corrected chi connectivity index (χ0v) is 14.6. The van der Waals surface area contributed by atoms with Crippen molar-refractivity contribution < 1.29 is 28.2 Å². The van der Waals surface area contributed by atoms with Crippen LogP contribution in [0.15, 0.2) is 47.3 Å². The Hall–Kier alpha value is -2.34. The summed E-state index contributed by atoms with van der Waals surface area (Å²) in [6, 6.07) is 1.79. The summed E-state index contributed by atoms with van der Waals surface area (Å²) in [5.41, 5.74) is -1.33. The van der Waals surface area contributed by atoms with Crippen molar-refractivity contribution in [3.8, 4) is 0 Å². The summed E-state index contributed by atoms with van der Waals surface area (Å²) in [5.74, 6) is -0.967. The zero-order chi connectivity index (χ0) is 18.2. The molecule has 3 fully saturated rings. The van der Waals surface area contributed by atoms with Crippen LogP contribution < -0.4 is 0 Å². The zero-order valence-electron chi connectivity index (χ0n) is 14.6. The van der Waals surface area contributed by atoms with Gasteiger partial charge in [0.05, 0.1) is 18.4 Å². The highest BCUT2D eigenvalue weighted by atomic mass is 16.7. The van der Waals surface area contributed by atoms with Crippen LogP contribution in [0.5, 0.6) is 0 Å². The Kier molecular flexibility index (Phi) is 2.98. The molecule has 136 valence electrons. The lowest BCUT2D eigenvalue weighted by atomic mass is 9.69. The Morgan fingerprint density at radius 1 is 1.19 bits per heavy atom. The molecule has 4 aliphatic rings. The molecule has 1 aromatic rings. The molecule has 0 amide bonds. The summed E-state index contributed by atoms with van der Waals surface area (Å²) in [4.78, 5) is 25.1. The van der Waals surface area contributed by atoms with E-state index in [0.717, 1.165) is 5.56 Å². The molecule has 0 aromatic carbocycles. The molecule has 1 aliphatic carbocycles. The molecule has 3 aliphatic heterocycles. The minimum absolute atomic E-state index is 0.252. The predicted octanol–water partition coefficient (Wildman–Crippen LogP) is 2.86. The van der Waals surface area contributed by atoms with Crippen LogP contribution in [0.1, 0.15) is 38.4 Å². The number of epoxide rings is 1. The van der Waals surface area contributed by atoms with Crippen molar-refractivity contribution in [2.75, 3.05) is 0 Å². The summed E-state index contributed by atoms with van der Waals surface area (Å²) in [5, 5.41) is 0. The number of carbonyl (C=O) groups is 2. The van der Waals surface area contributed by atoms with Gasteiger partial charge >= 0.3 is 11.9 Å². The third kappa shape index (κ3) is 1.91. The number of rotatable bonds is 3. The fraction of sp³-hybridized carbons (Fsp3) is 0.500. The molecule has 1 unspecified atom stereocenters. The van der Waals surface area contributed by atoms with Crippen molar-refractivity contribution in [1.29, 1.82) is 0 Å². The van der Waals surface area contributed by atoms with E-state index in [1.165, 1.54) is 0 Å². The van der Waals surface area contributed by atoms with E-state index in [4.69, 9.17) is 18.6 Å². The first-order valence-corrected chi connectivity index (χ1v) is 8.88. The van der Waals surface area contributed by atoms with Crippen LogP contribution in [0, 0.1) is 11.3 Å². The number of furan rings is 1. The minimum Gasteiger partial charge on any atom is -0.472 e. The van der Waals surface area contributed by atoms with Gasteiger partial charge < -0.3 is 18.6 Å². The van der Waals surface area contributed by atoms with Crippen molar-refractivity contribution in [3.63, 3.8) is 0 Å². The largest absolute Gasteiger partial charge is 0.472 e.